The van der Waals surface area contributed by atoms with Crippen LogP contribution in [-0.4, -0.2) is 28.0 Å². The molecule has 0 aliphatic rings. The van der Waals surface area contributed by atoms with Crippen molar-refractivity contribution >= 4 is 30.7 Å². The fraction of sp³-hybridized carbons (Fsp3) is 0.333. The first-order valence-electron chi connectivity index (χ1n) is 6.72. The summed E-state index contributed by atoms with van der Waals surface area (Å²) in [6.45, 7) is 2.96. The van der Waals surface area contributed by atoms with Crippen LogP contribution in [0.2, 0.25) is 0 Å². The van der Waals surface area contributed by atoms with Gasteiger partial charge in [-0.15, -0.1) is 24.8 Å². The number of amides is 1. The molecule has 2 unspecified atom stereocenters. The van der Waals surface area contributed by atoms with Gasteiger partial charge in [0.05, 0.1) is 12.2 Å². The normalized spacial score (nSPS) is 12.5. The zero-order chi connectivity index (χ0) is 14.4. The lowest BCUT2D eigenvalue weighted by Gasteiger charge is -2.19. The third-order valence-corrected chi connectivity index (χ3v) is 3.19. The van der Waals surface area contributed by atoms with Gasteiger partial charge in [0.15, 0.2) is 0 Å². The Morgan fingerprint density at radius 2 is 2.00 bits per heavy atom. The maximum Gasteiger partial charge on any atom is 0.229 e. The van der Waals surface area contributed by atoms with E-state index in [4.69, 9.17) is 5.73 Å². The van der Waals surface area contributed by atoms with Crippen molar-refractivity contribution in [2.24, 2.45) is 5.73 Å². The maximum absolute atomic E-state index is 12.3. The average molecular weight is 345 g/mol. The largest absolute Gasteiger partial charge is 0.351 e. The van der Waals surface area contributed by atoms with Gasteiger partial charge in [-0.1, -0.05) is 30.3 Å². The molecule has 1 aromatic carbocycles. The molecule has 0 saturated heterocycles. The van der Waals surface area contributed by atoms with Crippen molar-refractivity contribution in [3.8, 4) is 0 Å². The molecular formula is C15H22Cl2N4O. The van der Waals surface area contributed by atoms with E-state index in [1.165, 1.54) is 0 Å². The molecule has 0 bridgehead atoms. The fourth-order valence-electron chi connectivity index (χ4n) is 2.18. The molecule has 22 heavy (non-hydrogen) atoms. The van der Waals surface area contributed by atoms with Crippen molar-refractivity contribution in [2.75, 3.05) is 6.54 Å². The van der Waals surface area contributed by atoms with Gasteiger partial charge in [0.25, 0.3) is 0 Å². The molecule has 122 valence electrons. The lowest BCUT2D eigenvalue weighted by atomic mass is 9.98. The Labute approximate surface area is 143 Å². The summed E-state index contributed by atoms with van der Waals surface area (Å²) >= 11 is 0. The van der Waals surface area contributed by atoms with Crippen LogP contribution in [0.15, 0.2) is 49.1 Å². The van der Waals surface area contributed by atoms with E-state index in [-0.39, 0.29) is 42.7 Å². The molecule has 1 heterocycles. The summed E-state index contributed by atoms with van der Waals surface area (Å²) in [6.07, 6.45) is 5.34. The van der Waals surface area contributed by atoms with Crippen LogP contribution >= 0.6 is 24.8 Å². The Kier molecular flexibility index (Phi) is 9.49. The minimum Gasteiger partial charge on any atom is -0.351 e. The molecule has 0 spiro atoms. The standard InChI is InChI=1S/C15H20N4O.2ClH/c1-12(10-19-8-7-17-11-19)18-15(20)14(9-16)13-5-3-2-4-6-13;;/h2-8,11-12,14H,9-10,16H2,1H3,(H,18,20);2*1H. The molecule has 2 rings (SSSR count). The number of carbonyl (C=O) groups excluding carboxylic acids is 1. The number of hydrogen-bond acceptors (Lipinski definition) is 3. The highest BCUT2D eigenvalue weighted by Crippen LogP contribution is 2.14. The summed E-state index contributed by atoms with van der Waals surface area (Å²) in [7, 11) is 0. The number of imidazole rings is 1. The van der Waals surface area contributed by atoms with Gasteiger partial charge in [0.1, 0.15) is 0 Å². The molecule has 1 aromatic heterocycles. The van der Waals surface area contributed by atoms with Crippen molar-refractivity contribution in [1.82, 2.24) is 14.9 Å². The zero-order valence-corrected chi connectivity index (χ0v) is 14.0. The van der Waals surface area contributed by atoms with E-state index in [1.807, 2.05) is 48.0 Å². The van der Waals surface area contributed by atoms with E-state index >= 15 is 0 Å². The van der Waals surface area contributed by atoms with Crippen molar-refractivity contribution in [3.63, 3.8) is 0 Å². The molecule has 1 amide bonds. The van der Waals surface area contributed by atoms with Crippen molar-refractivity contribution in [3.05, 3.63) is 54.6 Å². The molecule has 0 aliphatic heterocycles. The van der Waals surface area contributed by atoms with Gasteiger partial charge in [0.2, 0.25) is 5.91 Å². The number of halogens is 2. The van der Waals surface area contributed by atoms with Crippen molar-refractivity contribution in [2.45, 2.75) is 25.4 Å². The van der Waals surface area contributed by atoms with E-state index in [9.17, 15) is 4.79 Å². The molecule has 0 saturated carbocycles. The van der Waals surface area contributed by atoms with Gasteiger partial charge in [-0.05, 0) is 12.5 Å². The second-order valence-electron chi connectivity index (χ2n) is 4.87. The maximum atomic E-state index is 12.3. The predicted molar refractivity (Wildman–Crippen MR) is 92.6 cm³/mol. The third-order valence-electron chi connectivity index (χ3n) is 3.19. The van der Waals surface area contributed by atoms with Crippen LogP contribution in [0.25, 0.3) is 0 Å². The minimum atomic E-state index is -0.304. The van der Waals surface area contributed by atoms with E-state index in [0.29, 0.717) is 13.1 Å². The van der Waals surface area contributed by atoms with Crippen LogP contribution in [0, 0.1) is 0 Å². The summed E-state index contributed by atoms with van der Waals surface area (Å²) in [6, 6.07) is 9.64. The molecule has 7 heteroatoms. The molecule has 0 aliphatic carbocycles. The number of hydrogen-bond donors (Lipinski definition) is 2. The monoisotopic (exact) mass is 344 g/mol. The molecule has 0 fully saturated rings. The number of carbonyl (C=O) groups is 1. The highest BCUT2D eigenvalue weighted by atomic mass is 35.5. The zero-order valence-electron chi connectivity index (χ0n) is 12.4. The second kappa shape index (κ2) is 10.2. The second-order valence-corrected chi connectivity index (χ2v) is 4.87. The van der Waals surface area contributed by atoms with E-state index in [2.05, 4.69) is 10.3 Å². The van der Waals surface area contributed by atoms with Crippen LogP contribution < -0.4 is 11.1 Å². The van der Waals surface area contributed by atoms with E-state index < -0.39 is 0 Å². The topological polar surface area (TPSA) is 72.9 Å². The van der Waals surface area contributed by atoms with Gasteiger partial charge in [0, 0.05) is 31.5 Å². The smallest absolute Gasteiger partial charge is 0.229 e. The summed E-state index contributed by atoms with van der Waals surface area (Å²) < 4.78 is 1.94. The summed E-state index contributed by atoms with van der Waals surface area (Å²) in [5.41, 5.74) is 6.69. The van der Waals surface area contributed by atoms with Crippen LogP contribution in [0.5, 0.6) is 0 Å². The van der Waals surface area contributed by atoms with Crippen molar-refractivity contribution < 1.29 is 4.79 Å². The minimum absolute atomic E-state index is 0. The van der Waals surface area contributed by atoms with Gasteiger partial charge in [-0.3, -0.25) is 4.79 Å². The molecule has 2 atom stereocenters. The Morgan fingerprint density at radius 3 is 2.55 bits per heavy atom. The number of rotatable bonds is 6. The van der Waals surface area contributed by atoms with Crippen LogP contribution in [-0.2, 0) is 11.3 Å². The Balaban J connectivity index is 0.00000220. The Morgan fingerprint density at radius 1 is 1.32 bits per heavy atom. The number of nitrogens with one attached hydrogen (secondary N) is 1. The number of aromatic nitrogens is 2. The summed E-state index contributed by atoms with van der Waals surface area (Å²) in [5.74, 6) is -0.340. The van der Waals surface area contributed by atoms with Crippen LogP contribution in [0.3, 0.4) is 0 Å². The summed E-state index contributed by atoms with van der Waals surface area (Å²) in [5, 5.41) is 3.00. The third kappa shape index (κ3) is 5.67. The summed E-state index contributed by atoms with van der Waals surface area (Å²) in [4.78, 5) is 16.3. The van der Waals surface area contributed by atoms with Crippen LogP contribution in [0.1, 0.15) is 18.4 Å². The number of nitrogens with zero attached hydrogens (tertiary/aromatic N) is 2. The molecule has 2 aromatic rings. The van der Waals surface area contributed by atoms with E-state index in [0.717, 1.165) is 5.56 Å². The van der Waals surface area contributed by atoms with Gasteiger partial charge in [-0.2, -0.15) is 0 Å². The molecule has 5 nitrogen and oxygen atoms in total. The lowest BCUT2D eigenvalue weighted by molar-refractivity contribution is -0.123. The number of benzene rings is 1. The fourth-order valence-corrected chi connectivity index (χ4v) is 2.18. The van der Waals surface area contributed by atoms with Crippen LogP contribution in [0.4, 0.5) is 0 Å². The molecule has 0 radical (unpaired) electrons. The lowest BCUT2D eigenvalue weighted by Crippen LogP contribution is -2.40. The number of nitrogens with two attached hydrogens (primary N) is 1. The van der Waals surface area contributed by atoms with Gasteiger partial charge < -0.3 is 15.6 Å². The Bertz CT molecular complexity index is 534. The van der Waals surface area contributed by atoms with Crippen molar-refractivity contribution in [1.29, 1.82) is 0 Å². The molecule has 3 N–H and O–H groups in total. The first-order chi connectivity index (χ1) is 9.70. The van der Waals surface area contributed by atoms with Gasteiger partial charge >= 0.3 is 0 Å². The SMILES string of the molecule is CC(Cn1ccnc1)NC(=O)C(CN)c1ccccc1.Cl.Cl. The Hall–Kier alpha value is -1.56. The van der Waals surface area contributed by atoms with E-state index in [1.54, 1.807) is 12.5 Å². The predicted octanol–water partition coefficient (Wildman–Crippen LogP) is 1.97. The first kappa shape index (κ1) is 20.4. The highest BCUT2D eigenvalue weighted by molar-refractivity contribution is 5.85. The molecular weight excluding hydrogens is 323 g/mol. The average Bonchev–Trinajstić information content (AvgIpc) is 2.93. The highest BCUT2D eigenvalue weighted by Gasteiger charge is 2.20. The first-order valence-corrected chi connectivity index (χ1v) is 6.72. The quantitative estimate of drug-likeness (QED) is 0.841. The van der Waals surface area contributed by atoms with Gasteiger partial charge in [-0.25, -0.2) is 4.98 Å².